The van der Waals surface area contributed by atoms with E-state index in [4.69, 9.17) is 5.11 Å². The van der Waals surface area contributed by atoms with Gasteiger partial charge in [-0.15, -0.1) is 0 Å². The molecule has 0 radical (unpaired) electrons. The molecule has 0 aliphatic carbocycles. The van der Waals surface area contributed by atoms with Crippen LogP contribution in [0.2, 0.25) is 0 Å². The van der Waals surface area contributed by atoms with Crippen molar-refractivity contribution < 1.29 is 14.3 Å². The standard InChI is InChI=1S/C10H8FN3O3/c1-2-14-4-6(9(16)17)7(15)5-3-12-10(11)13-8(5)14/h3-4H,2H2,1H3,(H,16,17). The smallest absolute Gasteiger partial charge is 0.341 e. The quantitative estimate of drug-likeness (QED) is 0.775. The summed E-state index contributed by atoms with van der Waals surface area (Å²) in [6.07, 6.45) is 1.19. The van der Waals surface area contributed by atoms with E-state index in [0.717, 1.165) is 12.4 Å². The Kier molecular flexibility index (Phi) is 2.58. The highest BCUT2D eigenvalue weighted by atomic mass is 19.1. The Morgan fingerprint density at radius 2 is 2.29 bits per heavy atom. The van der Waals surface area contributed by atoms with E-state index in [9.17, 15) is 14.0 Å². The van der Waals surface area contributed by atoms with Gasteiger partial charge in [-0.25, -0.2) is 9.78 Å². The van der Waals surface area contributed by atoms with Crippen molar-refractivity contribution in [3.05, 3.63) is 34.3 Å². The highest BCUT2D eigenvalue weighted by Gasteiger charge is 2.15. The fourth-order valence-corrected chi connectivity index (χ4v) is 1.55. The number of halogens is 1. The summed E-state index contributed by atoms with van der Waals surface area (Å²) >= 11 is 0. The molecule has 0 atom stereocenters. The second kappa shape index (κ2) is 3.93. The minimum Gasteiger partial charge on any atom is -0.477 e. The molecule has 2 aromatic rings. The van der Waals surface area contributed by atoms with Crippen LogP contribution >= 0.6 is 0 Å². The molecule has 0 unspecified atom stereocenters. The zero-order valence-electron chi connectivity index (χ0n) is 8.85. The lowest BCUT2D eigenvalue weighted by atomic mass is 10.2. The van der Waals surface area contributed by atoms with Crippen molar-refractivity contribution in [1.82, 2.24) is 14.5 Å². The van der Waals surface area contributed by atoms with E-state index in [1.54, 1.807) is 6.92 Å². The topological polar surface area (TPSA) is 85.1 Å². The van der Waals surface area contributed by atoms with Gasteiger partial charge in [0.15, 0.2) is 0 Å². The van der Waals surface area contributed by atoms with E-state index >= 15 is 0 Å². The molecule has 6 nitrogen and oxygen atoms in total. The second-order valence-corrected chi connectivity index (χ2v) is 3.34. The summed E-state index contributed by atoms with van der Waals surface area (Å²) in [6, 6.07) is 0. The van der Waals surface area contributed by atoms with Crippen LogP contribution in [0.25, 0.3) is 11.0 Å². The molecular weight excluding hydrogens is 229 g/mol. The molecule has 0 amide bonds. The number of aryl methyl sites for hydroxylation is 1. The SMILES string of the molecule is CCn1cc(C(=O)O)c(=O)c2cnc(F)nc21. The van der Waals surface area contributed by atoms with Crippen LogP contribution in [0, 0.1) is 6.08 Å². The third-order valence-electron chi connectivity index (χ3n) is 2.36. The van der Waals surface area contributed by atoms with Crippen molar-refractivity contribution in [3.8, 4) is 0 Å². The first kappa shape index (κ1) is 11.2. The van der Waals surface area contributed by atoms with Crippen LogP contribution in [-0.2, 0) is 6.54 Å². The normalized spacial score (nSPS) is 10.7. The van der Waals surface area contributed by atoms with Gasteiger partial charge in [-0.3, -0.25) is 4.79 Å². The predicted molar refractivity (Wildman–Crippen MR) is 56.4 cm³/mol. The first-order valence-electron chi connectivity index (χ1n) is 4.83. The van der Waals surface area contributed by atoms with Gasteiger partial charge in [0.1, 0.15) is 11.2 Å². The summed E-state index contributed by atoms with van der Waals surface area (Å²) < 4.78 is 14.3. The van der Waals surface area contributed by atoms with Gasteiger partial charge in [-0.2, -0.15) is 9.37 Å². The molecule has 2 rings (SSSR count). The lowest BCUT2D eigenvalue weighted by Gasteiger charge is -2.08. The summed E-state index contributed by atoms with van der Waals surface area (Å²) in [5, 5.41) is 8.87. The molecule has 1 N–H and O–H groups in total. The lowest BCUT2D eigenvalue weighted by Crippen LogP contribution is -2.20. The Morgan fingerprint density at radius 1 is 1.59 bits per heavy atom. The Labute approximate surface area is 94.4 Å². The number of carbonyl (C=O) groups is 1. The number of hydrogen-bond donors (Lipinski definition) is 1. The molecule has 2 aromatic heterocycles. The van der Waals surface area contributed by atoms with Gasteiger partial charge in [-0.1, -0.05) is 0 Å². The monoisotopic (exact) mass is 237 g/mol. The lowest BCUT2D eigenvalue weighted by molar-refractivity contribution is 0.0695. The summed E-state index contributed by atoms with van der Waals surface area (Å²) in [5.74, 6) is -1.33. The highest BCUT2D eigenvalue weighted by molar-refractivity contribution is 5.91. The van der Waals surface area contributed by atoms with Crippen molar-refractivity contribution in [3.63, 3.8) is 0 Å². The van der Waals surface area contributed by atoms with E-state index in [1.807, 2.05) is 0 Å². The first-order valence-corrected chi connectivity index (χ1v) is 4.83. The van der Waals surface area contributed by atoms with Crippen LogP contribution < -0.4 is 5.43 Å². The number of rotatable bonds is 2. The molecular formula is C10H8FN3O3. The fourth-order valence-electron chi connectivity index (χ4n) is 1.55. The van der Waals surface area contributed by atoms with Crippen LogP contribution in [0.1, 0.15) is 17.3 Å². The van der Waals surface area contributed by atoms with Gasteiger partial charge in [-0.05, 0) is 6.92 Å². The Morgan fingerprint density at radius 3 is 2.88 bits per heavy atom. The van der Waals surface area contributed by atoms with Gasteiger partial charge in [0.2, 0.25) is 5.43 Å². The fraction of sp³-hybridized carbons (Fsp3) is 0.200. The molecule has 0 aliphatic rings. The molecule has 0 saturated heterocycles. The molecule has 0 aliphatic heterocycles. The van der Waals surface area contributed by atoms with Crippen LogP contribution in [0.4, 0.5) is 4.39 Å². The largest absolute Gasteiger partial charge is 0.477 e. The first-order chi connectivity index (χ1) is 8.04. The Hall–Kier alpha value is -2.31. The minimum atomic E-state index is -1.33. The number of nitrogens with zero attached hydrogens (tertiary/aromatic N) is 3. The average molecular weight is 237 g/mol. The van der Waals surface area contributed by atoms with Crippen LogP contribution in [0.3, 0.4) is 0 Å². The van der Waals surface area contributed by atoms with Gasteiger partial charge in [0.25, 0.3) is 0 Å². The van der Waals surface area contributed by atoms with E-state index in [2.05, 4.69) is 9.97 Å². The highest BCUT2D eigenvalue weighted by Crippen LogP contribution is 2.08. The molecule has 0 spiro atoms. The zero-order valence-corrected chi connectivity index (χ0v) is 8.85. The van der Waals surface area contributed by atoms with Crippen molar-refractivity contribution in [2.75, 3.05) is 0 Å². The third kappa shape index (κ3) is 1.75. The maximum absolute atomic E-state index is 12.9. The molecule has 0 bridgehead atoms. The number of carboxylic acid groups (broad SMARTS) is 1. The van der Waals surface area contributed by atoms with Crippen molar-refractivity contribution in [1.29, 1.82) is 0 Å². The third-order valence-corrected chi connectivity index (χ3v) is 2.36. The number of hydrogen-bond acceptors (Lipinski definition) is 4. The van der Waals surface area contributed by atoms with Crippen LogP contribution in [0.15, 0.2) is 17.2 Å². The summed E-state index contributed by atoms with van der Waals surface area (Å²) in [5.41, 5.74) is -0.998. The zero-order chi connectivity index (χ0) is 12.6. The molecule has 0 saturated carbocycles. The van der Waals surface area contributed by atoms with Crippen LogP contribution in [0.5, 0.6) is 0 Å². The maximum atomic E-state index is 12.9. The van der Waals surface area contributed by atoms with Gasteiger partial charge >= 0.3 is 12.0 Å². The molecule has 0 fully saturated rings. The van der Waals surface area contributed by atoms with Gasteiger partial charge < -0.3 is 9.67 Å². The average Bonchev–Trinajstić information content (AvgIpc) is 2.29. The van der Waals surface area contributed by atoms with E-state index in [-0.39, 0.29) is 16.6 Å². The van der Waals surface area contributed by atoms with Crippen LogP contribution in [-0.4, -0.2) is 25.6 Å². The number of aromatic carboxylic acids is 1. The number of fused-ring (bicyclic) bond motifs is 1. The Balaban J connectivity index is 2.95. The molecule has 7 heteroatoms. The second-order valence-electron chi connectivity index (χ2n) is 3.34. The number of aromatic nitrogens is 3. The number of carboxylic acids is 1. The Bertz CT molecular complexity index is 666. The molecule has 0 aromatic carbocycles. The molecule has 88 valence electrons. The van der Waals surface area contributed by atoms with Gasteiger partial charge in [0.05, 0.1) is 5.39 Å². The maximum Gasteiger partial charge on any atom is 0.341 e. The predicted octanol–water partition coefficient (Wildman–Crippen LogP) is 0.649. The number of pyridine rings is 1. The van der Waals surface area contributed by atoms with Crippen molar-refractivity contribution in [2.45, 2.75) is 13.5 Å². The molecule has 2 heterocycles. The summed E-state index contributed by atoms with van der Waals surface area (Å²) in [7, 11) is 0. The molecule has 17 heavy (non-hydrogen) atoms. The van der Waals surface area contributed by atoms with E-state index in [1.165, 1.54) is 4.57 Å². The van der Waals surface area contributed by atoms with E-state index < -0.39 is 17.5 Å². The van der Waals surface area contributed by atoms with Crippen molar-refractivity contribution in [2.24, 2.45) is 0 Å². The summed E-state index contributed by atoms with van der Waals surface area (Å²) in [4.78, 5) is 29.4. The summed E-state index contributed by atoms with van der Waals surface area (Å²) in [6.45, 7) is 2.10. The van der Waals surface area contributed by atoms with Crippen molar-refractivity contribution >= 4 is 17.0 Å². The minimum absolute atomic E-state index is 0.00634. The van der Waals surface area contributed by atoms with Gasteiger partial charge in [0, 0.05) is 18.9 Å². The van der Waals surface area contributed by atoms with E-state index in [0.29, 0.717) is 6.54 Å².